The summed E-state index contributed by atoms with van der Waals surface area (Å²) in [6.45, 7) is 4.39. The van der Waals surface area contributed by atoms with Gasteiger partial charge in [0, 0.05) is 5.56 Å². The van der Waals surface area contributed by atoms with Crippen LogP contribution in [0, 0.1) is 17.5 Å². The summed E-state index contributed by atoms with van der Waals surface area (Å²) in [4.78, 5) is 0. The molecule has 1 spiro atoms. The van der Waals surface area contributed by atoms with E-state index in [1.807, 2.05) is 44.2 Å². The first kappa shape index (κ1) is 25.5. The third-order valence-corrected chi connectivity index (χ3v) is 7.75. The first-order chi connectivity index (χ1) is 18.2. The molecule has 1 saturated carbocycles. The van der Waals surface area contributed by atoms with Crippen molar-refractivity contribution >= 4 is 0 Å². The second kappa shape index (κ2) is 9.75. The predicted octanol–water partition coefficient (Wildman–Crippen LogP) is 5.35. The van der Waals surface area contributed by atoms with Gasteiger partial charge in [-0.25, -0.2) is 17.9 Å². The number of aromatic nitrogens is 3. The number of benzene rings is 2. The van der Waals surface area contributed by atoms with Crippen molar-refractivity contribution in [3.63, 3.8) is 0 Å². The second-order valence-corrected chi connectivity index (χ2v) is 10.8. The van der Waals surface area contributed by atoms with Crippen LogP contribution in [0.25, 0.3) is 11.3 Å². The number of halogens is 3. The summed E-state index contributed by atoms with van der Waals surface area (Å²) in [7, 11) is 0. The standard InChI is InChI=1S/C28H30F3N3O4/c1-27(2)36-16-22-25(38-27)24(34-14-21(32-33-34)18-12-19(29)23(31)20(30)13-18)26(28(37-22)10-6-7-11-28)35-15-17-8-4-3-5-9-17/h3-5,8-9,12-14,22,24-26H,6-7,10-11,15-16H2,1-2H3/t22-,24+,25+,26-/m1/s1. The van der Waals surface area contributed by atoms with E-state index in [4.69, 9.17) is 18.9 Å². The van der Waals surface area contributed by atoms with Crippen molar-refractivity contribution in [3.8, 4) is 11.3 Å². The minimum atomic E-state index is -1.52. The van der Waals surface area contributed by atoms with Crippen LogP contribution in [0.15, 0.2) is 48.7 Å². The summed E-state index contributed by atoms with van der Waals surface area (Å²) in [5.74, 6) is -4.96. The molecule has 10 heteroatoms. The molecule has 3 heterocycles. The van der Waals surface area contributed by atoms with Gasteiger partial charge >= 0.3 is 0 Å². The Morgan fingerprint density at radius 2 is 1.74 bits per heavy atom. The van der Waals surface area contributed by atoms with Crippen molar-refractivity contribution in [3.05, 3.63) is 71.7 Å². The van der Waals surface area contributed by atoms with E-state index in [-0.39, 0.29) is 17.4 Å². The molecule has 2 aliphatic heterocycles. The molecule has 2 aromatic carbocycles. The first-order valence-corrected chi connectivity index (χ1v) is 13.0. The van der Waals surface area contributed by atoms with Crippen LogP contribution in [0.4, 0.5) is 13.2 Å². The maximum Gasteiger partial charge on any atom is 0.194 e. The molecule has 1 aliphatic carbocycles. The van der Waals surface area contributed by atoms with E-state index in [0.717, 1.165) is 43.4 Å². The number of fused-ring (bicyclic) bond motifs is 1. The fraction of sp³-hybridized carbons (Fsp3) is 0.500. The lowest BCUT2D eigenvalue weighted by molar-refractivity contribution is -0.368. The average molecular weight is 530 g/mol. The van der Waals surface area contributed by atoms with Gasteiger partial charge in [-0.1, -0.05) is 48.4 Å². The Labute approximate surface area is 218 Å². The molecular weight excluding hydrogens is 499 g/mol. The van der Waals surface area contributed by atoms with E-state index in [1.54, 1.807) is 10.9 Å². The summed E-state index contributed by atoms with van der Waals surface area (Å²) in [5, 5.41) is 8.56. The third kappa shape index (κ3) is 4.64. The molecular formula is C28H30F3N3O4. The molecule has 2 saturated heterocycles. The zero-order valence-electron chi connectivity index (χ0n) is 21.3. The predicted molar refractivity (Wildman–Crippen MR) is 130 cm³/mol. The van der Waals surface area contributed by atoms with Crippen LogP contribution in [0.1, 0.15) is 51.1 Å². The summed E-state index contributed by atoms with van der Waals surface area (Å²) in [6, 6.07) is 11.2. The molecule has 0 bridgehead atoms. The molecule has 0 N–H and O–H groups in total. The third-order valence-electron chi connectivity index (χ3n) is 7.75. The maximum absolute atomic E-state index is 14.0. The highest BCUT2D eigenvalue weighted by Gasteiger charge is 2.60. The molecule has 0 radical (unpaired) electrons. The van der Waals surface area contributed by atoms with Crippen LogP contribution in [0.5, 0.6) is 0 Å². The van der Waals surface area contributed by atoms with E-state index < -0.39 is 47.1 Å². The van der Waals surface area contributed by atoms with Crippen molar-refractivity contribution in [2.45, 2.75) is 81.9 Å². The Morgan fingerprint density at radius 1 is 1.03 bits per heavy atom. The maximum atomic E-state index is 14.0. The molecule has 3 aromatic rings. The van der Waals surface area contributed by atoms with Gasteiger partial charge in [-0.15, -0.1) is 5.10 Å². The highest BCUT2D eigenvalue weighted by molar-refractivity contribution is 5.58. The number of nitrogens with zero attached hydrogens (tertiary/aromatic N) is 3. The lowest BCUT2D eigenvalue weighted by atomic mass is 9.81. The van der Waals surface area contributed by atoms with Crippen LogP contribution >= 0.6 is 0 Å². The van der Waals surface area contributed by atoms with E-state index in [1.165, 1.54) is 0 Å². The summed E-state index contributed by atoms with van der Waals surface area (Å²) < 4.78 is 68.9. The topological polar surface area (TPSA) is 67.6 Å². The molecule has 4 atom stereocenters. The summed E-state index contributed by atoms with van der Waals surface area (Å²) in [5.41, 5.74) is 0.738. The van der Waals surface area contributed by atoms with Gasteiger partial charge in [0.2, 0.25) is 0 Å². The van der Waals surface area contributed by atoms with Crippen LogP contribution in [0.3, 0.4) is 0 Å². The second-order valence-electron chi connectivity index (χ2n) is 10.8. The molecule has 1 aromatic heterocycles. The minimum Gasteiger partial charge on any atom is -0.368 e. The lowest BCUT2D eigenvalue weighted by Gasteiger charge is -2.55. The molecule has 3 aliphatic rings. The zero-order valence-corrected chi connectivity index (χ0v) is 21.3. The monoisotopic (exact) mass is 529 g/mol. The van der Waals surface area contributed by atoms with E-state index in [0.29, 0.717) is 13.2 Å². The molecule has 3 fully saturated rings. The largest absolute Gasteiger partial charge is 0.368 e. The van der Waals surface area contributed by atoms with Crippen molar-refractivity contribution in [1.29, 1.82) is 0 Å². The Bertz CT molecular complexity index is 1270. The van der Waals surface area contributed by atoms with E-state index in [2.05, 4.69) is 10.3 Å². The highest BCUT2D eigenvalue weighted by atomic mass is 19.2. The highest BCUT2D eigenvalue weighted by Crippen LogP contribution is 2.50. The van der Waals surface area contributed by atoms with Crippen molar-refractivity contribution in [2.75, 3.05) is 6.61 Å². The Balaban J connectivity index is 1.41. The number of ether oxygens (including phenoxy) is 4. The quantitative estimate of drug-likeness (QED) is 0.415. The smallest absolute Gasteiger partial charge is 0.194 e. The minimum absolute atomic E-state index is 0.0850. The lowest BCUT2D eigenvalue weighted by Crippen LogP contribution is -2.66. The number of hydrogen-bond donors (Lipinski definition) is 0. The fourth-order valence-corrected chi connectivity index (χ4v) is 5.99. The van der Waals surface area contributed by atoms with Gasteiger partial charge in [-0.05, 0) is 44.4 Å². The van der Waals surface area contributed by atoms with Gasteiger partial charge in [0.1, 0.15) is 30.0 Å². The van der Waals surface area contributed by atoms with Gasteiger partial charge in [-0.3, -0.25) is 0 Å². The molecule has 38 heavy (non-hydrogen) atoms. The van der Waals surface area contributed by atoms with E-state index in [9.17, 15) is 13.2 Å². The normalized spacial score (nSPS) is 27.9. The van der Waals surface area contributed by atoms with Gasteiger partial charge < -0.3 is 18.9 Å². The molecule has 7 nitrogen and oxygen atoms in total. The van der Waals surface area contributed by atoms with Gasteiger partial charge in [0.25, 0.3) is 0 Å². The number of hydrogen-bond acceptors (Lipinski definition) is 6. The summed E-state index contributed by atoms with van der Waals surface area (Å²) in [6.07, 6.45) is 3.93. The molecule has 6 rings (SSSR count). The zero-order chi connectivity index (χ0) is 26.5. The Hall–Kier alpha value is -2.79. The molecule has 0 unspecified atom stereocenters. The average Bonchev–Trinajstić information content (AvgIpc) is 3.57. The SMILES string of the molecule is CC1(C)OC[C@H]2OC3(CCCC3)[C@H](OCc3ccccc3)[C@@H](n3cc(-c4cc(F)c(F)c(F)c4)nn3)[C@H]2O1. The van der Waals surface area contributed by atoms with Crippen LogP contribution in [-0.4, -0.2) is 51.3 Å². The Morgan fingerprint density at radius 3 is 2.45 bits per heavy atom. The van der Waals surface area contributed by atoms with Crippen molar-refractivity contribution in [1.82, 2.24) is 15.0 Å². The van der Waals surface area contributed by atoms with Gasteiger partial charge in [-0.2, -0.15) is 0 Å². The van der Waals surface area contributed by atoms with Crippen molar-refractivity contribution in [2.24, 2.45) is 0 Å². The van der Waals surface area contributed by atoms with Gasteiger partial charge in [0.15, 0.2) is 23.2 Å². The van der Waals surface area contributed by atoms with Crippen molar-refractivity contribution < 1.29 is 32.1 Å². The Kier molecular flexibility index (Phi) is 6.54. The molecule has 202 valence electrons. The summed E-state index contributed by atoms with van der Waals surface area (Å²) >= 11 is 0. The van der Waals surface area contributed by atoms with E-state index >= 15 is 0 Å². The fourth-order valence-electron chi connectivity index (χ4n) is 5.99. The molecule has 0 amide bonds. The van der Waals surface area contributed by atoms with Crippen LogP contribution < -0.4 is 0 Å². The van der Waals surface area contributed by atoms with Crippen LogP contribution in [-0.2, 0) is 25.6 Å². The number of rotatable bonds is 5. The first-order valence-electron chi connectivity index (χ1n) is 13.0. The van der Waals surface area contributed by atoms with Gasteiger partial charge in [0.05, 0.1) is 25.0 Å². The van der Waals surface area contributed by atoms with Crippen LogP contribution in [0.2, 0.25) is 0 Å².